The number of rotatable bonds is 8. The Labute approximate surface area is 195 Å². The van der Waals surface area contributed by atoms with Crippen LogP contribution in [0.4, 0.5) is 5.69 Å². The molecule has 1 atom stereocenters. The first kappa shape index (κ1) is 22.4. The molecule has 1 amide bonds. The number of nitrogens with zero attached hydrogens (tertiary/aromatic N) is 2. The van der Waals surface area contributed by atoms with Gasteiger partial charge >= 0.3 is 0 Å². The molecule has 1 saturated carbocycles. The topological polar surface area (TPSA) is 112 Å². The normalized spacial score (nSPS) is 14.2. The second kappa shape index (κ2) is 9.36. The molecule has 3 aromatic rings. The monoisotopic (exact) mass is 476 g/mol. The molecular formula is C22H22Cl2N4O4. The fourth-order valence-corrected chi connectivity index (χ4v) is 3.50. The number of carbonyl (C=O) groups is 1. The van der Waals surface area contributed by atoms with Gasteiger partial charge in [-0.3, -0.25) is 9.78 Å². The first-order valence-corrected chi connectivity index (χ1v) is 10.8. The van der Waals surface area contributed by atoms with E-state index in [1.165, 1.54) is 25.2 Å². The number of hydrogen-bond acceptors (Lipinski definition) is 7. The van der Waals surface area contributed by atoms with Gasteiger partial charge in [0.1, 0.15) is 0 Å². The van der Waals surface area contributed by atoms with Crippen LogP contribution in [0, 0.1) is 5.92 Å². The maximum atomic E-state index is 13.0. The first-order chi connectivity index (χ1) is 15.4. The SMILES string of the molecule is COc1ccc(-c2nc(C(=O)Nc3c(Cl)cncc3Cl)c(C(C)N)o2)cc1OCC1CC1. The van der Waals surface area contributed by atoms with Gasteiger partial charge in [-0.1, -0.05) is 23.2 Å². The van der Waals surface area contributed by atoms with Crippen molar-refractivity contribution in [1.82, 2.24) is 9.97 Å². The Morgan fingerprint density at radius 1 is 1.28 bits per heavy atom. The molecule has 4 rings (SSSR count). The van der Waals surface area contributed by atoms with Crippen molar-refractivity contribution in [3.8, 4) is 23.0 Å². The van der Waals surface area contributed by atoms with E-state index in [9.17, 15) is 4.79 Å². The second-order valence-electron chi connectivity index (χ2n) is 7.57. The number of anilines is 1. The van der Waals surface area contributed by atoms with Gasteiger partial charge in [0.15, 0.2) is 23.0 Å². The van der Waals surface area contributed by atoms with Crippen LogP contribution in [0.1, 0.15) is 42.1 Å². The van der Waals surface area contributed by atoms with Crippen LogP contribution in [0.15, 0.2) is 35.0 Å². The predicted octanol–water partition coefficient (Wildman–Crippen LogP) is 5.11. The van der Waals surface area contributed by atoms with Crippen molar-refractivity contribution in [2.24, 2.45) is 11.7 Å². The average molecular weight is 477 g/mol. The van der Waals surface area contributed by atoms with E-state index in [2.05, 4.69) is 15.3 Å². The summed E-state index contributed by atoms with van der Waals surface area (Å²) >= 11 is 12.2. The van der Waals surface area contributed by atoms with Gasteiger partial charge in [0.2, 0.25) is 5.89 Å². The summed E-state index contributed by atoms with van der Waals surface area (Å²) in [6.07, 6.45) is 5.10. The van der Waals surface area contributed by atoms with Crippen LogP contribution in [0.3, 0.4) is 0 Å². The highest BCUT2D eigenvalue weighted by atomic mass is 35.5. The van der Waals surface area contributed by atoms with E-state index in [0.29, 0.717) is 29.6 Å². The van der Waals surface area contributed by atoms with E-state index >= 15 is 0 Å². The molecule has 2 aromatic heterocycles. The Hall–Kier alpha value is -2.81. The van der Waals surface area contributed by atoms with E-state index in [4.69, 9.17) is 42.8 Å². The molecule has 32 heavy (non-hydrogen) atoms. The van der Waals surface area contributed by atoms with Crippen LogP contribution in [-0.2, 0) is 0 Å². The minimum absolute atomic E-state index is 0.0372. The van der Waals surface area contributed by atoms with Crippen molar-refractivity contribution in [1.29, 1.82) is 0 Å². The molecule has 1 aromatic carbocycles. The molecule has 0 aliphatic heterocycles. The summed E-state index contributed by atoms with van der Waals surface area (Å²) in [6.45, 7) is 2.32. The maximum absolute atomic E-state index is 13.0. The van der Waals surface area contributed by atoms with Gasteiger partial charge in [0.05, 0.1) is 35.5 Å². The highest BCUT2D eigenvalue weighted by Gasteiger charge is 2.26. The van der Waals surface area contributed by atoms with Gasteiger partial charge in [0, 0.05) is 18.0 Å². The number of benzene rings is 1. The average Bonchev–Trinajstić information content (AvgIpc) is 3.49. The number of halogens is 2. The number of aromatic nitrogens is 2. The van der Waals surface area contributed by atoms with E-state index in [1.54, 1.807) is 32.2 Å². The fraction of sp³-hybridized carbons (Fsp3) is 0.318. The zero-order chi connectivity index (χ0) is 22.8. The second-order valence-corrected chi connectivity index (χ2v) is 8.39. The summed E-state index contributed by atoms with van der Waals surface area (Å²) in [5, 5.41) is 3.06. The summed E-state index contributed by atoms with van der Waals surface area (Å²) in [4.78, 5) is 21.2. The van der Waals surface area contributed by atoms with Gasteiger partial charge in [-0.25, -0.2) is 4.98 Å². The van der Waals surface area contributed by atoms with E-state index in [-0.39, 0.29) is 33.1 Å². The van der Waals surface area contributed by atoms with Crippen LogP contribution < -0.4 is 20.5 Å². The Morgan fingerprint density at radius 3 is 2.62 bits per heavy atom. The summed E-state index contributed by atoms with van der Waals surface area (Å²) in [5.74, 6) is 1.67. The molecule has 8 nitrogen and oxygen atoms in total. The van der Waals surface area contributed by atoms with Gasteiger partial charge in [-0.15, -0.1) is 0 Å². The minimum Gasteiger partial charge on any atom is -0.493 e. The number of ether oxygens (including phenoxy) is 2. The summed E-state index contributed by atoms with van der Waals surface area (Å²) < 4.78 is 17.2. The largest absolute Gasteiger partial charge is 0.493 e. The van der Waals surface area contributed by atoms with Crippen molar-refractivity contribution in [2.45, 2.75) is 25.8 Å². The number of methoxy groups -OCH3 is 1. The van der Waals surface area contributed by atoms with E-state index in [1.807, 2.05) is 0 Å². The Balaban J connectivity index is 1.65. The highest BCUT2D eigenvalue weighted by Crippen LogP contribution is 2.36. The predicted molar refractivity (Wildman–Crippen MR) is 122 cm³/mol. The number of oxazole rings is 1. The lowest BCUT2D eigenvalue weighted by molar-refractivity contribution is 0.102. The first-order valence-electron chi connectivity index (χ1n) is 10.0. The van der Waals surface area contributed by atoms with Crippen molar-refractivity contribution < 1.29 is 18.7 Å². The van der Waals surface area contributed by atoms with Crippen LogP contribution in [-0.4, -0.2) is 29.6 Å². The Morgan fingerprint density at radius 2 is 2.00 bits per heavy atom. The number of hydrogen-bond donors (Lipinski definition) is 2. The number of nitrogens with one attached hydrogen (secondary N) is 1. The molecule has 1 unspecified atom stereocenters. The molecule has 2 heterocycles. The van der Waals surface area contributed by atoms with Gasteiger partial charge in [-0.2, -0.15) is 0 Å². The quantitative estimate of drug-likeness (QED) is 0.464. The summed E-state index contributed by atoms with van der Waals surface area (Å²) in [7, 11) is 1.58. The smallest absolute Gasteiger partial charge is 0.278 e. The molecule has 0 saturated heterocycles. The lowest BCUT2D eigenvalue weighted by Gasteiger charge is -2.11. The lowest BCUT2D eigenvalue weighted by atomic mass is 10.2. The molecule has 0 bridgehead atoms. The zero-order valence-corrected chi connectivity index (χ0v) is 19.0. The molecule has 1 aliphatic carbocycles. The van der Waals surface area contributed by atoms with E-state index in [0.717, 1.165) is 0 Å². The lowest BCUT2D eigenvalue weighted by Crippen LogP contribution is -2.17. The van der Waals surface area contributed by atoms with Crippen molar-refractivity contribution in [3.05, 3.63) is 52.1 Å². The third-order valence-corrected chi connectivity index (χ3v) is 5.53. The Bertz CT molecular complexity index is 1120. The van der Waals surface area contributed by atoms with Crippen molar-refractivity contribution >= 4 is 34.8 Å². The summed E-state index contributed by atoms with van der Waals surface area (Å²) in [6, 6.07) is 4.74. The van der Waals surface area contributed by atoms with Gasteiger partial charge in [0.25, 0.3) is 5.91 Å². The third-order valence-electron chi connectivity index (χ3n) is 4.96. The molecule has 1 aliphatic rings. The molecule has 10 heteroatoms. The number of nitrogens with two attached hydrogens (primary N) is 1. The standard InChI is InChI=1S/C22H22Cl2N4O4/c1-11(25)20-19(21(29)27-18-14(23)8-26-9-15(18)24)28-22(32-20)13-5-6-16(30-2)17(7-13)31-10-12-3-4-12/h5-9,11-12H,3-4,10,25H2,1-2H3,(H,26,27,29). The van der Waals surface area contributed by atoms with E-state index < -0.39 is 11.9 Å². The fourth-order valence-electron chi connectivity index (χ4n) is 3.04. The van der Waals surface area contributed by atoms with Crippen LogP contribution in [0.5, 0.6) is 11.5 Å². The molecule has 0 spiro atoms. The van der Waals surface area contributed by atoms with Crippen LogP contribution >= 0.6 is 23.2 Å². The minimum atomic E-state index is -0.579. The van der Waals surface area contributed by atoms with Crippen molar-refractivity contribution in [3.63, 3.8) is 0 Å². The number of pyridine rings is 1. The van der Waals surface area contributed by atoms with Gasteiger partial charge in [-0.05, 0) is 43.9 Å². The zero-order valence-electron chi connectivity index (χ0n) is 17.5. The highest BCUT2D eigenvalue weighted by molar-refractivity contribution is 6.39. The summed E-state index contributed by atoms with van der Waals surface area (Å²) in [5.41, 5.74) is 6.93. The third kappa shape index (κ3) is 4.82. The molecule has 0 radical (unpaired) electrons. The molecular weight excluding hydrogens is 455 g/mol. The maximum Gasteiger partial charge on any atom is 0.278 e. The number of carbonyl (C=O) groups excluding carboxylic acids is 1. The number of amides is 1. The van der Waals surface area contributed by atoms with Crippen LogP contribution in [0.25, 0.3) is 11.5 Å². The van der Waals surface area contributed by atoms with Crippen LogP contribution in [0.2, 0.25) is 10.0 Å². The molecule has 168 valence electrons. The Kier molecular flexibility index (Phi) is 6.55. The molecule has 1 fully saturated rings. The molecule has 3 N–H and O–H groups in total. The van der Waals surface area contributed by atoms with Crippen molar-refractivity contribution in [2.75, 3.05) is 19.0 Å². The van der Waals surface area contributed by atoms with Gasteiger partial charge < -0.3 is 24.9 Å².